The summed E-state index contributed by atoms with van der Waals surface area (Å²) in [6.45, 7) is 0. The Morgan fingerprint density at radius 3 is 2.80 bits per heavy atom. The van der Waals surface area contributed by atoms with E-state index in [2.05, 4.69) is 15.1 Å². The summed E-state index contributed by atoms with van der Waals surface area (Å²) < 4.78 is 23.6. The van der Waals surface area contributed by atoms with Crippen LogP contribution in [0.15, 0.2) is 47.1 Å². The third-order valence-corrected chi connectivity index (χ3v) is 2.72. The molecule has 0 saturated carbocycles. The summed E-state index contributed by atoms with van der Waals surface area (Å²) in [4.78, 5) is 8.32. The molecule has 1 aromatic carbocycles. The van der Waals surface area contributed by atoms with E-state index in [4.69, 9.17) is 9.26 Å². The van der Waals surface area contributed by atoms with Crippen LogP contribution in [0.4, 0.5) is 4.39 Å². The summed E-state index contributed by atoms with van der Waals surface area (Å²) in [7, 11) is 1.41. The van der Waals surface area contributed by atoms with Crippen molar-refractivity contribution < 1.29 is 13.7 Å². The van der Waals surface area contributed by atoms with E-state index in [-0.39, 0.29) is 11.6 Å². The van der Waals surface area contributed by atoms with E-state index >= 15 is 0 Å². The molecule has 20 heavy (non-hydrogen) atoms. The summed E-state index contributed by atoms with van der Waals surface area (Å²) in [5, 5.41) is 3.83. The number of nitrogens with zero attached hydrogens (tertiary/aromatic N) is 3. The fourth-order valence-electron chi connectivity index (χ4n) is 1.74. The average Bonchev–Trinajstić information content (AvgIpc) is 2.98. The van der Waals surface area contributed by atoms with Gasteiger partial charge in [0.15, 0.2) is 11.6 Å². The molecule has 2 aromatic heterocycles. The highest BCUT2D eigenvalue weighted by molar-refractivity contribution is 5.58. The smallest absolute Gasteiger partial charge is 0.258 e. The second-order valence-electron chi connectivity index (χ2n) is 3.99. The van der Waals surface area contributed by atoms with Crippen LogP contribution < -0.4 is 4.74 Å². The number of methoxy groups -OCH3 is 1. The maximum absolute atomic E-state index is 13.6. The molecule has 0 spiro atoms. The van der Waals surface area contributed by atoms with Crippen molar-refractivity contribution in [2.75, 3.05) is 7.11 Å². The first-order valence-corrected chi connectivity index (χ1v) is 5.87. The molecule has 0 amide bonds. The number of rotatable bonds is 3. The Labute approximate surface area is 114 Å². The number of benzene rings is 1. The summed E-state index contributed by atoms with van der Waals surface area (Å²) in [5.74, 6) is 0.268. The van der Waals surface area contributed by atoms with Crippen LogP contribution in [0, 0.1) is 5.82 Å². The summed E-state index contributed by atoms with van der Waals surface area (Å²) in [6.07, 6.45) is 1.64. The first-order valence-electron chi connectivity index (χ1n) is 5.87. The van der Waals surface area contributed by atoms with Crippen molar-refractivity contribution >= 4 is 0 Å². The van der Waals surface area contributed by atoms with Crippen LogP contribution in [0.1, 0.15) is 0 Å². The van der Waals surface area contributed by atoms with Crippen molar-refractivity contribution in [3.8, 4) is 28.7 Å². The van der Waals surface area contributed by atoms with E-state index in [1.54, 1.807) is 24.4 Å². The fourth-order valence-corrected chi connectivity index (χ4v) is 1.74. The van der Waals surface area contributed by atoms with Crippen LogP contribution in [-0.4, -0.2) is 22.2 Å². The van der Waals surface area contributed by atoms with E-state index in [0.29, 0.717) is 17.1 Å². The Balaban J connectivity index is 1.96. The molecule has 0 bridgehead atoms. The molecule has 2 heterocycles. The molecule has 0 fully saturated rings. The molecule has 3 rings (SSSR count). The third-order valence-electron chi connectivity index (χ3n) is 2.72. The Morgan fingerprint density at radius 1 is 1.20 bits per heavy atom. The zero-order valence-corrected chi connectivity index (χ0v) is 10.6. The van der Waals surface area contributed by atoms with Crippen LogP contribution in [0.25, 0.3) is 23.0 Å². The van der Waals surface area contributed by atoms with Gasteiger partial charge in [-0.05, 0) is 30.3 Å². The molecule has 0 aliphatic carbocycles. The second kappa shape index (κ2) is 5.08. The van der Waals surface area contributed by atoms with Gasteiger partial charge < -0.3 is 9.26 Å². The monoisotopic (exact) mass is 271 g/mol. The lowest BCUT2D eigenvalue weighted by Gasteiger charge is -2.01. The number of aromatic nitrogens is 3. The highest BCUT2D eigenvalue weighted by Gasteiger charge is 2.13. The van der Waals surface area contributed by atoms with Gasteiger partial charge in [-0.1, -0.05) is 11.2 Å². The largest absolute Gasteiger partial charge is 0.494 e. The molecule has 0 N–H and O–H groups in total. The van der Waals surface area contributed by atoms with E-state index in [0.717, 1.165) is 0 Å². The lowest BCUT2D eigenvalue weighted by Crippen LogP contribution is -1.89. The molecule has 0 aliphatic rings. The molecule has 6 heteroatoms. The van der Waals surface area contributed by atoms with Crippen LogP contribution in [0.3, 0.4) is 0 Å². The topological polar surface area (TPSA) is 61.0 Å². The lowest BCUT2D eigenvalue weighted by atomic mass is 10.2. The summed E-state index contributed by atoms with van der Waals surface area (Å²) in [5.41, 5.74) is 1.08. The Bertz CT molecular complexity index is 728. The average molecular weight is 271 g/mol. The Kier molecular flexibility index (Phi) is 3.12. The molecular formula is C14H10FN3O2. The number of pyridine rings is 1. The minimum Gasteiger partial charge on any atom is -0.494 e. The number of ether oxygens (including phenoxy) is 1. The second-order valence-corrected chi connectivity index (χ2v) is 3.99. The maximum Gasteiger partial charge on any atom is 0.258 e. The molecule has 0 aliphatic heterocycles. The molecule has 0 atom stereocenters. The van der Waals surface area contributed by atoms with Gasteiger partial charge in [-0.3, -0.25) is 4.98 Å². The third kappa shape index (κ3) is 2.23. The van der Waals surface area contributed by atoms with E-state index in [1.807, 2.05) is 6.07 Å². The van der Waals surface area contributed by atoms with Crippen LogP contribution in [-0.2, 0) is 0 Å². The van der Waals surface area contributed by atoms with Gasteiger partial charge in [-0.25, -0.2) is 4.39 Å². The number of hydrogen-bond donors (Lipinski definition) is 0. The minimum atomic E-state index is -0.484. The lowest BCUT2D eigenvalue weighted by molar-refractivity contribution is 0.386. The van der Waals surface area contributed by atoms with Crippen molar-refractivity contribution in [3.05, 3.63) is 48.4 Å². The van der Waals surface area contributed by atoms with Crippen LogP contribution >= 0.6 is 0 Å². The van der Waals surface area contributed by atoms with Crippen molar-refractivity contribution in [2.24, 2.45) is 0 Å². The van der Waals surface area contributed by atoms with Gasteiger partial charge in [0.2, 0.25) is 5.82 Å². The predicted molar refractivity (Wildman–Crippen MR) is 69.5 cm³/mol. The quantitative estimate of drug-likeness (QED) is 0.733. The van der Waals surface area contributed by atoms with Crippen LogP contribution in [0.2, 0.25) is 0 Å². The standard InChI is InChI=1S/C14H10FN3O2/c1-19-12-6-5-9(8-10(12)15)14-17-13(18-20-14)11-4-2-3-7-16-11/h2-8H,1H3. The van der Waals surface area contributed by atoms with Crippen molar-refractivity contribution in [1.82, 2.24) is 15.1 Å². The first-order chi connectivity index (χ1) is 9.78. The zero-order chi connectivity index (χ0) is 13.9. The SMILES string of the molecule is COc1ccc(-c2nc(-c3ccccn3)no2)cc1F. The number of halogens is 1. The minimum absolute atomic E-state index is 0.165. The van der Waals surface area contributed by atoms with E-state index < -0.39 is 5.82 Å². The van der Waals surface area contributed by atoms with Crippen molar-refractivity contribution in [2.45, 2.75) is 0 Å². The molecule has 3 aromatic rings. The first kappa shape index (κ1) is 12.3. The van der Waals surface area contributed by atoms with Crippen LogP contribution in [0.5, 0.6) is 5.75 Å². The van der Waals surface area contributed by atoms with Gasteiger partial charge in [0, 0.05) is 11.8 Å². The van der Waals surface area contributed by atoms with Gasteiger partial charge in [0.1, 0.15) is 5.69 Å². The molecular weight excluding hydrogens is 261 g/mol. The van der Waals surface area contributed by atoms with Gasteiger partial charge >= 0.3 is 0 Å². The highest BCUT2D eigenvalue weighted by Crippen LogP contribution is 2.25. The Hall–Kier alpha value is -2.76. The van der Waals surface area contributed by atoms with Gasteiger partial charge in [-0.2, -0.15) is 4.98 Å². The highest BCUT2D eigenvalue weighted by atomic mass is 19.1. The van der Waals surface area contributed by atoms with Gasteiger partial charge in [0.25, 0.3) is 5.89 Å². The molecule has 0 unspecified atom stereocenters. The van der Waals surface area contributed by atoms with Gasteiger partial charge in [0.05, 0.1) is 7.11 Å². The zero-order valence-electron chi connectivity index (χ0n) is 10.6. The van der Waals surface area contributed by atoms with E-state index in [1.165, 1.54) is 19.2 Å². The molecule has 0 saturated heterocycles. The maximum atomic E-state index is 13.6. The van der Waals surface area contributed by atoms with E-state index in [9.17, 15) is 4.39 Å². The number of hydrogen-bond acceptors (Lipinski definition) is 5. The van der Waals surface area contributed by atoms with Crippen molar-refractivity contribution in [3.63, 3.8) is 0 Å². The predicted octanol–water partition coefficient (Wildman–Crippen LogP) is 2.95. The normalized spacial score (nSPS) is 10.5. The summed E-state index contributed by atoms with van der Waals surface area (Å²) >= 11 is 0. The molecule has 100 valence electrons. The van der Waals surface area contributed by atoms with Gasteiger partial charge in [-0.15, -0.1) is 0 Å². The Morgan fingerprint density at radius 2 is 2.10 bits per heavy atom. The summed E-state index contributed by atoms with van der Waals surface area (Å²) in [6, 6.07) is 9.83. The van der Waals surface area contributed by atoms with Crippen molar-refractivity contribution in [1.29, 1.82) is 0 Å². The molecule has 5 nitrogen and oxygen atoms in total. The fraction of sp³-hybridized carbons (Fsp3) is 0.0714. The molecule has 0 radical (unpaired) electrons.